The Morgan fingerprint density at radius 3 is 2.38 bits per heavy atom. The van der Waals surface area contributed by atoms with Crippen molar-refractivity contribution in [3.8, 4) is 6.07 Å². The maximum atomic E-state index is 8.67. The molecule has 0 amide bonds. The lowest BCUT2D eigenvalue weighted by Crippen LogP contribution is -2.54. The molecular formula is C11H15N5. The number of anilines is 1. The summed E-state index contributed by atoms with van der Waals surface area (Å²) >= 11 is 0. The van der Waals surface area contributed by atoms with Gasteiger partial charge in [0, 0.05) is 25.2 Å². The minimum atomic E-state index is 0.433. The van der Waals surface area contributed by atoms with Gasteiger partial charge in [-0.25, -0.2) is 9.97 Å². The summed E-state index contributed by atoms with van der Waals surface area (Å²) < 4.78 is 0. The highest BCUT2D eigenvalue weighted by atomic mass is 15.3. The van der Waals surface area contributed by atoms with Gasteiger partial charge in [-0.3, -0.25) is 0 Å². The molecule has 0 bridgehead atoms. The van der Waals surface area contributed by atoms with Crippen molar-refractivity contribution in [1.82, 2.24) is 15.3 Å². The minimum absolute atomic E-state index is 0.433. The van der Waals surface area contributed by atoms with Gasteiger partial charge in [0.25, 0.3) is 0 Å². The summed E-state index contributed by atoms with van der Waals surface area (Å²) in [6.07, 6.45) is 3.14. The summed E-state index contributed by atoms with van der Waals surface area (Å²) in [5.74, 6) is 0.708. The molecule has 0 spiro atoms. The topological polar surface area (TPSA) is 64.8 Å². The molecule has 0 saturated carbocycles. The van der Waals surface area contributed by atoms with E-state index in [-0.39, 0.29) is 0 Å². The largest absolute Gasteiger partial charge is 0.338 e. The van der Waals surface area contributed by atoms with E-state index in [0.29, 0.717) is 23.6 Å². The van der Waals surface area contributed by atoms with Gasteiger partial charge in [-0.15, -0.1) is 0 Å². The molecule has 5 nitrogen and oxygen atoms in total. The number of hydrogen-bond acceptors (Lipinski definition) is 5. The Balaban J connectivity index is 2.14. The minimum Gasteiger partial charge on any atom is -0.338 e. The summed E-state index contributed by atoms with van der Waals surface area (Å²) in [5, 5.41) is 12.1. The lowest BCUT2D eigenvalue weighted by atomic mass is 10.1. The normalized spacial score (nSPS) is 25.2. The Labute approximate surface area is 95.1 Å². The van der Waals surface area contributed by atoms with Gasteiger partial charge in [0.05, 0.1) is 18.0 Å². The Morgan fingerprint density at radius 2 is 1.88 bits per heavy atom. The quantitative estimate of drug-likeness (QED) is 0.743. The SMILES string of the molecule is C[C@H]1CN(c2ncc(C#N)cn2)C[C@H](C)N1. The molecule has 1 aliphatic heterocycles. The first kappa shape index (κ1) is 10.8. The van der Waals surface area contributed by atoms with Gasteiger partial charge in [0.1, 0.15) is 6.07 Å². The molecular weight excluding hydrogens is 202 g/mol. The van der Waals surface area contributed by atoms with E-state index in [1.54, 1.807) is 12.4 Å². The molecule has 16 heavy (non-hydrogen) atoms. The predicted octanol–water partition coefficient (Wildman–Crippen LogP) is 0.535. The van der Waals surface area contributed by atoms with E-state index in [4.69, 9.17) is 5.26 Å². The van der Waals surface area contributed by atoms with Crippen molar-refractivity contribution >= 4 is 5.95 Å². The summed E-state index contributed by atoms with van der Waals surface area (Å²) in [6.45, 7) is 6.09. The van der Waals surface area contributed by atoms with Gasteiger partial charge in [0.15, 0.2) is 0 Å². The zero-order chi connectivity index (χ0) is 11.5. The fraction of sp³-hybridized carbons (Fsp3) is 0.545. The molecule has 2 atom stereocenters. The second-order valence-corrected chi connectivity index (χ2v) is 4.26. The highest BCUT2D eigenvalue weighted by Gasteiger charge is 2.22. The van der Waals surface area contributed by atoms with E-state index in [0.717, 1.165) is 13.1 Å². The van der Waals surface area contributed by atoms with Gasteiger partial charge in [-0.05, 0) is 13.8 Å². The fourth-order valence-corrected chi connectivity index (χ4v) is 2.03. The molecule has 2 heterocycles. The number of rotatable bonds is 1. The van der Waals surface area contributed by atoms with Gasteiger partial charge in [-0.1, -0.05) is 0 Å². The van der Waals surface area contributed by atoms with Crippen molar-refractivity contribution in [2.45, 2.75) is 25.9 Å². The molecule has 0 radical (unpaired) electrons. The molecule has 0 unspecified atom stereocenters. The first-order valence-corrected chi connectivity index (χ1v) is 5.42. The molecule has 1 saturated heterocycles. The van der Waals surface area contributed by atoms with Crippen LogP contribution in [0.4, 0.5) is 5.95 Å². The molecule has 1 N–H and O–H groups in total. The van der Waals surface area contributed by atoms with Crippen molar-refractivity contribution in [2.24, 2.45) is 0 Å². The second-order valence-electron chi connectivity index (χ2n) is 4.26. The molecule has 84 valence electrons. The number of nitrogens with zero attached hydrogens (tertiary/aromatic N) is 4. The Bertz CT molecular complexity index is 384. The van der Waals surface area contributed by atoms with Crippen molar-refractivity contribution in [3.05, 3.63) is 18.0 Å². The maximum Gasteiger partial charge on any atom is 0.225 e. The molecule has 5 heteroatoms. The Morgan fingerprint density at radius 1 is 1.31 bits per heavy atom. The monoisotopic (exact) mass is 217 g/mol. The first-order valence-electron chi connectivity index (χ1n) is 5.42. The van der Waals surface area contributed by atoms with Gasteiger partial charge >= 0.3 is 0 Å². The summed E-state index contributed by atoms with van der Waals surface area (Å²) in [6, 6.07) is 2.89. The van der Waals surface area contributed by atoms with Crippen LogP contribution in [0.15, 0.2) is 12.4 Å². The average Bonchev–Trinajstić information content (AvgIpc) is 2.28. The van der Waals surface area contributed by atoms with E-state index in [1.807, 2.05) is 6.07 Å². The maximum absolute atomic E-state index is 8.67. The highest BCUT2D eigenvalue weighted by molar-refractivity contribution is 5.34. The number of nitriles is 1. The molecule has 1 aliphatic rings. The lowest BCUT2D eigenvalue weighted by molar-refractivity contribution is 0.403. The van der Waals surface area contributed by atoms with Crippen LogP contribution in [0, 0.1) is 11.3 Å². The van der Waals surface area contributed by atoms with Crippen LogP contribution >= 0.6 is 0 Å². The molecule has 0 aliphatic carbocycles. The lowest BCUT2D eigenvalue weighted by Gasteiger charge is -2.36. The van der Waals surface area contributed by atoms with Gasteiger partial charge in [-0.2, -0.15) is 5.26 Å². The van der Waals surface area contributed by atoms with Crippen LogP contribution in [0.1, 0.15) is 19.4 Å². The smallest absolute Gasteiger partial charge is 0.225 e. The number of aromatic nitrogens is 2. The summed E-state index contributed by atoms with van der Waals surface area (Å²) in [4.78, 5) is 10.6. The van der Waals surface area contributed by atoms with Crippen LogP contribution in [-0.2, 0) is 0 Å². The third kappa shape index (κ3) is 2.28. The molecule has 0 aromatic carbocycles. The van der Waals surface area contributed by atoms with E-state index >= 15 is 0 Å². The Hall–Kier alpha value is -1.67. The van der Waals surface area contributed by atoms with E-state index in [2.05, 4.69) is 34.0 Å². The van der Waals surface area contributed by atoms with Crippen LogP contribution in [0.3, 0.4) is 0 Å². The predicted molar refractivity (Wildman–Crippen MR) is 61.0 cm³/mol. The van der Waals surface area contributed by atoms with Gasteiger partial charge < -0.3 is 10.2 Å². The molecule has 1 fully saturated rings. The third-order valence-corrected chi connectivity index (χ3v) is 2.61. The number of piperazine rings is 1. The average molecular weight is 217 g/mol. The number of hydrogen-bond donors (Lipinski definition) is 1. The van der Waals surface area contributed by atoms with Gasteiger partial charge in [0.2, 0.25) is 5.95 Å². The van der Waals surface area contributed by atoms with E-state index in [9.17, 15) is 0 Å². The van der Waals surface area contributed by atoms with Crippen LogP contribution < -0.4 is 10.2 Å². The third-order valence-electron chi connectivity index (χ3n) is 2.61. The van der Waals surface area contributed by atoms with Crippen molar-refractivity contribution < 1.29 is 0 Å². The molecule has 2 rings (SSSR count). The second kappa shape index (κ2) is 4.45. The first-order chi connectivity index (χ1) is 7.69. The summed E-state index contributed by atoms with van der Waals surface area (Å²) in [5.41, 5.74) is 0.500. The zero-order valence-corrected chi connectivity index (χ0v) is 9.51. The molecule has 1 aromatic heterocycles. The van der Waals surface area contributed by atoms with E-state index in [1.165, 1.54) is 0 Å². The van der Waals surface area contributed by atoms with Crippen molar-refractivity contribution in [1.29, 1.82) is 5.26 Å². The van der Waals surface area contributed by atoms with Crippen LogP contribution in [0.5, 0.6) is 0 Å². The van der Waals surface area contributed by atoms with Crippen LogP contribution in [-0.4, -0.2) is 35.1 Å². The van der Waals surface area contributed by atoms with Crippen LogP contribution in [0.2, 0.25) is 0 Å². The van der Waals surface area contributed by atoms with Crippen LogP contribution in [0.25, 0.3) is 0 Å². The molecule has 1 aromatic rings. The standard InChI is InChI=1S/C11H15N5/c1-8-6-16(7-9(2)15-8)11-13-4-10(3-12)5-14-11/h4-5,8-9,15H,6-7H2,1-2H3/t8-,9-/m0/s1. The highest BCUT2D eigenvalue weighted by Crippen LogP contribution is 2.12. The van der Waals surface area contributed by atoms with E-state index < -0.39 is 0 Å². The number of nitrogens with one attached hydrogen (secondary N) is 1. The van der Waals surface area contributed by atoms with Crippen molar-refractivity contribution in [2.75, 3.05) is 18.0 Å². The Kier molecular flexibility index (Phi) is 3.02. The van der Waals surface area contributed by atoms with Crippen molar-refractivity contribution in [3.63, 3.8) is 0 Å². The summed E-state index contributed by atoms with van der Waals surface area (Å²) in [7, 11) is 0. The fourth-order valence-electron chi connectivity index (χ4n) is 2.03. The zero-order valence-electron chi connectivity index (χ0n) is 9.51.